The van der Waals surface area contributed by atoms with Crippen molar-refractivity contribution < 1.29 is 0 Å². The molecule has 2 aliphatic carbocycles. The summed E-state index contributed by atoms with van der Waals surface area (Å²) >= 11 is 0. The minimum Gasteiger partial charge on any atom is -0.303 e. The number of hydrogen-bond donors (Lipinski definition) is 0. The molecule has 1 aromatic carbocycles. The van der Waals surface area contributed by atoms with Crippen LogP contribution in [0.3, 0.4) is 0 Å². The average Bonchev–Trinajstić information content (AvgIpc) is 3.15. The van der Waals surface area contributed by atoms with Crippen molar-refractivity contribution in [3.05, 3.63) is 35.4 Å². The zero-order valence-corrected chi connectivity index (χ0v) is 23.9. The molecule has 3 heterocycles. The molecule has 3 aliphatic heterocycles. The highest BCUT2D eigenvalue weighted by molar-refractivity contribution is 5.29. The highest BCUT2D eigenvalue weighted by atomic mass is 15.2. The summed E-state index contributed by atoms with van der Waals surface area (Å²) in [6.07, 6.45) is 14.6. The van der Waals surface area contributed by atoms with Crippen LogP contribution in [0.1, 0.15) is 89.7 Å². The van der Waals surface area contributed by atoms with Gasteiger partial charge in [-0.3, -0.25) is 4.90 Å². The predicted octanol–water partition coefficient (Wildman–Crippen LogP) is 6.71. The summed E-state index contributed by atoms with van der Waals surface area (Å²) in [4.78, 5) is 7.50. The van der Waals surface area contributed by atoms with Crippen molar-refractivity contribution in [2.45, 2.75) is 110 Å². The van der Waals surface area contributed by atoms with Crippen LogP contribution >= 0.6 is 0 Å². The van der Waals surface area contributed by atoms with Gasteiger partial charge in [-0.25, -0.2) is 0 Å². The summed E-state index contributed by atoms with van der Waals surface area (Å²) in [5.74, 6) is 4.20. The second-order valence-corrected chi connectivity index (χ2v) is 13.0. The molecule has 2 saturated heterocycles. The smallest absolute Gasteiger partial charge is 0.0236 e. The molecule has 0 N–H and O–H groups in total. The first kappa shape index (κ1) is 27.1. The lowest BCUT2D eigenvalue weighted by Gasteiger charge is -2.43. The molecule has 7 unspecified atom stereocenters. The maximum atomic E-state index is 2.55. The molecule has 0 radical (unpaired) electrons. The van der Waals surface area contributed by atoms with Gasteiger partial charge < -0.3 is 9.80 Å². The van der Waals surface area contributed by atoms with Crippen LogP contribution in [0.15, 0.2) is 24.3 Å². The zero-order chi connectivity index (χ0) is 24.9. The van der Waals surface area contributed by atoms with E-state index in [1.807, 2.05) is 0 Å². The van der Waals surface area contributed by atoms with Crippen molar-refractivity contribution in [3.8, 4) is 0 Å². The van der Waals surface area contributed by atoms with Crippen LogP contribution in [0.4, 0.5) is 0 Å². The van der Waals surface area contributed by atoms with Crippen LogP contribution in [0, 0.1) is 23.7 Å². The molecule has 35 heavy (non-hydrogen) atoms. The van der Waals surface area contributed by atoms with E-state index in [1.165, 1.54) is 88.4 Å². The third-order valence-electron chi connectivity index (χ3n) is 10.6. The summed E-state index contributed by atoms with van der Waals surface area (Å²) in [7, 11) is 6.76. The Morgan fingerprint density at radius 3 is 1.94 bits per heavy atom. The molecule has 5 aliphatic rings. The third kappa shape index (κ3) is 6.90. The van der Waals surface area contributed by atoms with Crippen molar-refractivity contribution in [2.24, 2.45) is 23.7 Å². The third-order valence-corrected chi connectivity index (χ3v) is 10.6. The van der Waals surface area contributed by atoms with Crippen LogP contribution in [0.2, 0.25) is 0 Å². The Morgan fingerprint density at radius 1 is 0.629 bits per heavy atom. The molecule has 0 aromatic heterocycles. The molecule has 3 nitrogen and oxygen atoms in total. The molecule has 1 aromatic rings. The molecule has 0 amide bonds. The number of hydrogen-bond acceptors (Lipinski definition) is 3. The van der Waals surface area contributed by atoms with Crippen LogP contribution in [0.5, 0.6) is 0 Å². The van der Waals surface area contributed by atoms with Crippen molar-refractivity contribution in [2.75, 3.05) is 34.2 Å². The van der Waals surface area contributed by atoms with Crippen molar-refractivity contribution >= 4 is 0 Å². The summed E-state index contributed by atoms with van der Waals surface area (Å²) in [6.45, 7) is 10.9. The molecule has 0 bridgehead atoms. The van der Waals surface area contributed by atoms with Crippen LogP contribution in [-0.4, -0.2) is 67.1 Å². The number of nitrogens with zero attached hydrogens (tertiary/aromatic N) is 3. The largest absolute Gasteiger partial charge is 0.303 e. The lowest BCUT2D eigenvalue weighted by atomic mass is 9.73. The minimum absolute atomic E-state index is 0.694. The number of piperidine rings is 1. The van der Waals surface area contributed by atoms with Crippen molar-refractivity contribution in [1.29, 1.82) is 0 Å². The first-order valence-corrected chi connectivity index (χ1v) is 15.0. The minimum atomic E-state index is 0.694. The maximum Gasteiger partial charge on any atom is 0.0236 e. The Morgan fingerprint density at radius 2 is 1.23 bits per heavy atom. The van der Waals surface area contributed by atoms with E-state index >= 15 is 0 Å². The Bertz CT molecular complexity index is 731. The highest BCUT2D eigenvalue weighted by Crippen LogP contribution is 2.39. The van der Waals surface area contributed by atoms with Crippen molar-refractivity contribution in [1.82, 2.24) is 14.7 Å². The molecule has 198 valence electrons. The average molecular weight is 482 g/mol. The van der Waals surface area contributed by atoms with Crippen LogP contribution in [-0.2, 0) is 13.0 Å². The molecule has 6 rings (SSSR count). The van der Waals surface area contributed by atoms with Crippen LogP contribution in [0.25, 0.3) is 0 Å². The maximum absolute atomic E-state index is 2.55. The number of rotatable bonds is 0. The number of likely N-dealkylation sites (tertiary alicyclic amines) is 2. The van der Waals surface area contributed by atoms with E-state index in [1.54, 1.807) is 0 Å². The zero-order valence-electron chi connectivity index (χ0n) is 23.9. The van der Waals surface area contributed by atoms with Gasteiger partial charge in [0.15, 0.2) is 0 Å². The topological polar surface area (TPSA) is 9.72 Å². The highest BCUT2D eigenvalue weighted by Gasteiger charge is 2.38. The van der Waals surface area contributed by atoms with Gasteiger partial charge in [-0.1, -0.05) is 56.4 Å². The Balaban J connectivity index is 0.000000124. The monoisotopic (exact) mass is 481 g/mol. The second kappa shape index (κ2) is 12.6. The van der Waals surface area contributed by atoms with Gasteiger partial charge in [-0.2, -0.15) is 0 Å². The second-order valence-electron chi connectivity index (χ2n) is 13.0. The van der Waals surface area contributed by atoms with E-state index in [9.17, 15) is 0 Å². The molecular weight excluding hydrogens is 426 g/mol. The molecule has 3 heteroatoms. The first-order chi connectivity index (χ1) is 16.8. The fourth-order valence-electron chi connectivity index (χ4n) is 7.77. The van der Waals surface area contributed by atoms with Gasteiger partial charge in [-0.15, -0.1) is 0 Å². The Hall–Kier alpha value is -0.900. The van der Waals surface area contributed by atoms with Gasteiger partial charge in [0.05, 0.1) is 0 Å². The predicted molar refractivity (Wildman–Crippen MR) is 151 cm³/mol. The summed E-state index contributed by atoms with van der Waals surface area (Å²) in [6, 6.07) is 11.1. The quantitative estimate of drug-likeness (QED) is 0.408. The van der Waals surface area contributed by atoms with E-state index in [0.29, 0.717) is 6.04 Å². The Labute approximate surface area is 217 Å². The van der Waals surface area contributed by atoms with Gasteiger partial charge in [0, 0.05) is 37.8 Å². The molecular formula is C32H55N3. The number of fused-ring (bicyclic) bond motifs is 3. The first-order valence-electron chi connectivity index (χ1n) is 15.0. The molecule has 7 atom stereocenters. The summed E-state index contributed by atoms with van der Waals surface area (Å²) in [5, 5.41) is 0. The molecule has 2 saturated carbocycles. The number of benzene rings is 1. The van der Waals surface area contributed by atoms with Crippen molar-refractivity contribution in [3.63, 3.8) is 0 Å². The van der Waals surface area contributed by atoms with E-state index in [2.05, 4.69) is 80.9 Å². The normalized spacial score (nSPS) is 37.6. The lowest BCUT2D eigenvalue weighted by molar-refractivity contribution is 0.0650. The van der Waals surface area contributed by atoms with E-state index in [0.717, 1.165) is 42.3 Å². The summed E-state index contributed by atoms with van der Waals surface area (Å²) in [5.41, 5.74) is 3.03. The van der Waals surface area contributed by atoms with Gasteiger partial charge in [0.1, 0.15) is 0 Å². The van der Waals surface area contributed by atoms with E-state index in [-0.39, 0.29) is 0 Å². The Kier molecular flexibility index (Phi) is 9.74. The van der Waals surface area contributed by atoms with Gasteiger partial charge in [0.25, 0.3) is 0 Å². The van der Waals surface area contributed by atoms with E-state index in [4.69, 9.17) is 0 Å². The summed E-state index contributed by atoms with van der Waals surface area (Å²) < 4.78 is 0. The number of likely N-dealkylation sites (N-methyl/N-ethyl adjacent to an activating group) is 1. The van der Waals surface area contributed by atoms with Gasteiger partial charge in [-0.05, 0) is 109 Å². The fraction of sp³-hybridized carbons (Fsp3) is 0.812. The molecule has 4 fully saturated rings. The van der Waals surface area contributed by atoms with Gasteiger partial charge >= 0.3 is 0 Å². The lowest BCUT2D eigenvalue weighted by Crippen LogP contribution is -2.44. The molecule has 0 spiro atoms. The van der Waals surface area contributed by atoms with Gasteiger partial charge in [0.2, 0.25) is 0 Å². The van der Waals surface area contributed by atoms with E-state index < -0.39 is 0 Å². The SMILES string of the molecule is CC1C2CCCCC2CN1C.CC1CC2CCCCC2CN1C.CC1Cc2ccccc2CN1C. The standard InChI is InChI=1S/C11H21N.C11H15N.C10H19N/c2*1-9-7-10-5-3-4-6-11(10)8-12(9)2;1-8-10-6-4-3-5-9(10)7-11(8)2/h9-11H,3-8H2,1-2H3;3-6,9H,7-8H2,1-2H3;8-10H,3-7H2,1-2H3. The van der Waals surface area contributed by atoms with Crippen LogP contribution < -0.4 is 0 Å². The fourth-order valence-corrected chi connectivity index (χ4v) is 7.77.